The Labute approximate surface area is 448 Å². The van der Waals surface area contributed by atoms with Crippen LogP contribution in [-0.2, 0) is 14.7 Å². The second-order valence-electron chi connectivity index (χ2n) is 13.4. The fraction of sp³-hybridized carbons (Fsp3) is 0.316. The number of aromatic nitrogens is 6. The highest BCUT2D eigenvalue weighted by atomic mass is 127. The third-order valence-electron chi connectivity index (χ3n) is 8.05. The van der Waals surface area contributed by atoms with E-state index in [1.807, 2.05) is 160 Å². The van der Waals surface area contributed by atoms with Gasteiger partial charge in [0.15, 0.2) is 5.03 Å². The van der Waals surface area contributed by atoms with Gasteiger partial charge in [-0.25, -0.2) is 14.9 Å². The van der Waals surface area contributed by atoms with Crippen molar-refractivity contribution in [3.8, 4) is 0 Å². The van der Waals surface area contributed by atoms with E-state index in [9.17, 15) is 28.6 Å². The van der Waals surface area contributed by atoms with Crippen LogP contribution in [0.2, 0.25) is 0 Å². The lowest BCUT2D eigenvalue weighted by atomic mass is 10.3. The number of hydrogen-bond acceptors (Lipinski definition) is 21. The van der Waals surface area contributed by atoms with Crippen LogP contribution in [0.3, 0.4) is 0 Å². The van der Waals surface area contributed by atoms with Crippen molar-refractivity contribution in [3.63, 3.8) is 0 Å². The number of thioether (sulfide) groups is 4. The molecule has 0 aliphatic rings. The SMILES string of the molecule is CN(C)c1cc[n+](N)cc1.CN(C)c1ccncc1.CSC(=C[N+](=O)[O-])SC.CSc1nn2ccc(N(C)C)cc2c1N.CSc1nn2ccc(N(C)C)cc2c1[N+](=O)[O-].Cl.Cl.NOS(=O)(=O)O.[I-]. The molecule has 31 heteroatoms. The van der Waals surface area contributed by atoms with Crippen molar-refractivity contribution in [3.05, 3.63) is 116 Å². The molecule has 0 radical (unpaired) electrons. The largest absolute Gasteiger partial charge is 1.00 e. The van der Waals surface area contributed by atoms with Crippen molar-refractivity contribution in [1.29, 1.82) is 0 Å². The molecule has 0 aliphatic carbocycles. The molecule has 0 aliphatic heterocycles. The molecule has 0 aromatic carbocycles. The van der Waals surface area contributed by atoms with Crippen molar-refractivity contribution in [2.75, 3.05) is 113 Å². The normalized spacial score (nSPS) is 9.71. The van der Waals surface area contributed by atoms with Crippen molar-refractivity contribution in [2.24, 2.45) is 5.90 Å². The Morgan fingerprint density at radius 1 is 0.739 bits per heavy atom. The second kappa shape index (κ2) is 34.8. The van der Waals surface area contributed by atoms with Gasteiger partial charge in [0.05, 0.1) is 21.1 Å². The Balaban J connectivity index is -0.000000775. The highest BCUT2D eigenvalue weighted by Gasteiger charge is 2.23. The predicted octanol–water partition coefficient (Wildman–Crippen LogP) is 2.95. The minimum absolute atomic E-state index is 0. The number of nitrogens with two attached hydrogens (primary N) is 3. The quantitative estimate of drug-likeness (QED) is 0.0276. The molecule has 0 bridgehead atoms. The van der Waals surface area contributed by atoms with Crippen molar-refractivity contribution >= 4 is 127 Å². The van der Waals surface area contributed by atoms with E-state index in [0.29, 0.717) is 10.5 Å². The number of pyridine rings is 4. The monoisotopic (exact) mass is 1210 g/mol. The Hall–Kier alpha value is -4.44. The van der Waals surface area contributed by atoms with Crippen LogP contribution in [0.25, 0.3) is 11.0 Å². The van der Waals surface area contributed by atoms with Gasteiger partial charge >= 0.3 is 16.1 Å². The number of nitro groups is 2. The van der Waals surface area contributed by atoms with Gasteiger partial charge in [0.25, 0.3) is 6.20 Å². The van der Waals surface area contributed by atoms with E-state index < -0.39 is 15.3 Å². The lowest BCUT2D eigenvalue weighted by Crippen LogP contribution is -3.00. The average Bonchev–Trinajstić information content (AvgIpc) is 3.83. The molecule has 0 unspecified atom stereocenters. The fourth-order valence-electron chi connectivity index (χ4n) is 4.69. The Morgan fingerprint density at radius 3 is 1.46 bits per heavy atom. The highest BCUT2D eigenvalue weighted by Crippen LogP contribution is 2.32. The van der Waals surface area contributed by atoms with E-state index in [2.05, 4.69) is 25.4 Å². The van der Waals surface area contributed by atoms with E-state index in [4.69, 9.17) is 16.1 Å². The minimum Gasteiger partial charge on any atom is -1.00 e. The van der Waals surface area contributed by atoms with Crippen molar-refractivity contribution < 1.29 is 55.8 Å². The lowest BCUT2D eigenvalue weighted by Gasteiger charge is -2.11. The Bertz CT molecular complexity index is 2580. The molecular formula is C38H60Cl2IN15O8S5. The maximum absolute atomic E-state index is 11.1. The van der Waals surface area contributed by atoms with Crippen LogP contribution in [0.5, 0.6) is 0 Å². The lowest BCUT2D eigenvalue weighted by molar-refractivity contribution is -0.638. The molecule has 0 amide bonds. The summed E-state index contributed by atoms with van der Waals surface area (Å²) in [6, 6.07) is 15.6. The molecular weight excluding hydrogens is 1150 g/mol. The van der Waals surface area contributed by atoms with Gasteiger partial charge in [0, 0.05) is 116 Å². The Morgan fingerprint density at radius 2 is 1.13 bits per heavy atom. The highest BCUT2D eigenvalue weighted by molar-refractivity contribution is 8.21. The summed E-state index contributed by atoms with van der Waals surface area (Å²) in [6.07, 6.45) is 19.3. The second-order valence-corrected chi connectivity index (χ2v) is 18.0. The number of nitrogens with zero attached hydrogens (tertiary/aromatic N) is 12. The van der Waals surface area contributed by atoms with Crippen LogP contribution in [0.4, 0.5) is 34.1 Å². The zero-order valence-electron chi connectivity index (χ0n) is 39.8. The molecule has 386 valence electrons. The van der Waals surface area contributed by atoms with Gasteiger partial charge in [0.2, 0.25) is 12.4 Å². The van der Waals surface area contributed by atoms with E-state index in [1.165, 1.54) is 50.2 Å². The number of anilines is 5. The van der Waals surface area contributed by atoms with Gasteiger partial charge in [-0.3, -0.25) is 29.8 Å². The van der Waals surface area contributed by atoms with Gasteiger partial charge < -0.3 is 49.3 Å². The van der Waals surface area contributed by atoms with Crippen LogP contribution in [0.1, 0.15) is 0 Å². The van der Waals surface area contributed by atoms with Gasteiger partial charge in [-0.1, -0.05) is 4.68 Å². The van der Waals surface area contributed by atoms with Crippen molar-refractivity contribution in [2.45, 2.75) is 10.1 Å². The van der Waals surface area contributed by atoms with Crippen LogP contribution in [0.15, 0.2) is 106 Å². The van der Waals surface area contributed by atoms with E-state index in [1.54, 1.807) is 42.7 Å². The van der Waals surface area contributed by atoms with Gasteiger partial charge in [0.1, 0.15) is 14.8 Å². The molecule has 6 aromatic heterocycles. The number of nitrogen functional groups attached to an aromatic ring is 2. The third-order valence-corrected chi connectivity index (χ3v) is 11.7. The zero-order chi connectivity index (χ0) is 50.3. The molecule has 23 nitrogen and oxygen atoms in total. The van der Waals surface area contributed by atoms with Gasteiger partial charge in [-0.15, -0.1) is 71.9 Å². The summed E-state index contributed by atoms with van der Waals surface area (Å²) >= 11 is 5.60. The third kappa shape index (κ3) is 24.8. The number of fused-ring (bicyclic) bond motifs is 2. The summed E-state index contributed by atoms with van der Waals surface area (Å²) in [5.41, 5.74) is 12.7. The number of halogens is 3. The van der Waals surface area contributed by atoms with Gasteiger partial charge in [-0.2, -0.15) is 28.8 Å². The summed E-state index contributed by atoms with van der Waals surface area (Å²) in [6.45, 7) is 0. The number of rotatable bonds is 11. The molecule has 7 N–H and O–H groups in total. The van der Waals surface area contributed by atoms with Crippen LogP contribution >= 0.6 is 71.9 Å². The first-order valence-electron chi connectivity index (χ1n) is 18.6. The average molecular weight is 1210 g/mol. The summed E-state index contributed by atoms with van der Waals surface area (Å²) in [7, 11) is 11.4. The molecule has 6 aromatic rings. The molecule has 69 heavy (non-hydrogen) atoms. The van der Waals surface area contributed by atoms with Crippen LogP contribution < -0.4 is 65.7 Å². The van der Waals surface area contributed by atoms with E-state index in [-0.39, 0.29) is 59.4 Å². The molecule has 0 atom stereocenters. The summed E-state index contributed by atoms with van der Waals surface area (Å²) in [5, 5.41) is 30.7. The smallest absolute Gasteiger partial charge is 0.413 e. The molecule has 0 saturated heterocycles. The number of hydrogen-bond donors (Lipinski definition) is 4. The molecule has 6 heterocycles. The summed E-state index contributed by atoms with van der Waals surface area (Å²) < 4.78 is 34.4. The first-order chi connectivity index (χ1) is 30.9. The standard InChI is InChI=1S/C10H12N4O2S.C10H14N4S.C7H12N3.C7H10N2.C4H7NO2S2.2ClH.HI.H3NO4S/c1-12(2)7-4-5-13-8(6-7)9(14(15)16)10(11-13)17-3;1-13(2)7-4-5-14-8(6-7)9(11)10(12-14)15-3;1-9(2)7-3-5-10(8)6-4-7;1-9(2)7-3-5-8-6-4-7;1-8-4(9-2)3-5(6)7;;;;1-5-6(2,3)4/h4-6H,1-3H3;4-6H,11H2,1-3H3;3-6H,8H2,1-2H3;3-6H,1-2H3;3H,1-2H3;3*1H;1H2,(H,2,3,4)/q;;+1;;;;;;/p-1. The maximum atomic E-state index is 11.1. The minimum atomic E-state index is -4.38. The topological polar surface area (TPSA) is 292 Å². The van der Waals surface area contributed by atoms with E-state index in [0.717, 1.165) is 43.7 Å². The van der Waals surface area contributed by atoms with Gasteiger partial charge in [-0.05, 0) is 61.4 Å². The molecule has 6 rings (SSSR count). The predicted molar refractivity (Wildman–Crippen MR) is 287 cm³/mol. The van der Waals surface area contributed by atoms with Crippen molar-refractivity contribution in [1.82, 2.24) is 24.2 Å². The fourth-order valence-corrected chi connectivity index (χ4v) is 6.78. The molecule has 0 spiro atoms. The van der Waals surface area contributed by atoms with Crippen LogP contribution in [0, 0.1) is 20.2 Å². The Kier molecular flexibility index (Phi) is 34.7. The first-order valence-corrected chi connectivity index (χ1v) is 24.9. The van der Waals surface area contributed by atoms with Crippen LogP contribution in [-0.4, -0.2) is 128 Å². The molecule has 0 fully saturated rings. The zero-order valence-corrected chi connectivity index (χ0v) is 47.7. The van der Waals surface area contributed by atoms with E-state index >= 15 is 0 Å². The maximum Gasteiger partial charge on any atom is 0.413 e. The summed E-state index contributed by atoms with van der Waals surface area (Å²) in [4.78, 5) is 32.0. The molecule has 0 saturated carbocycles. The summed E-state index contributed by atoms with van der Waals surface area (Å²) in [5.74, 6) is 9.39. The first kappa shape index (κ1) is 68.8.